The van der Waals surface area contributed by atoms with Gasteiger partial charge in [0.15, 0.2) is 0 Å². The molecule has 0 aliphatic carbocycles. The number of nitrogens with zero attached hydrogens (tertiary/aromatic N) is 3. The number of hydrogen-bond donors (Lipinski definition) is 1. The summed E-state index contributed by atoms with van der Waals surface area (Å²) < 4.78 is 5.66. The SMILES string of the molecule is CO[C@@H]1C[C@@H](c2nc(C)c(C)[nH]2)N(Cc2ccc3nc(C)ccc3c2)C1. The van der Waals surface area contributed by atoms with Gasteiger partial charge in [0.2, 0.25) is 0 Å². The summed E-state index contributed by atoms with van der Waals surface area (Å²) in [5, 5.41) is 1.19. The molecule has 3 aromatic rings. The van der Waals surface area contributed by atoms with E-state index in [0.29, 0.717) is 0 Å². The van der Waals surface area contributed by atoms with Crippen LogP contribution in [-0.4, -0.2) is 39.6 Å². The first-order chi connectivity index (χ1) is 12.5. The normalized spacial score (nSPS) is 20.9. The molecule has 1 saturated heterocycles. The number of benzene rings is 1. The predicted octanol–water partition coefficient (Wildman–Crippen LogP) is 3.85. The average molecular weight is 350 g/mol. The van der Waals surface area contributed by atoms with Crippen molar-refractivity contribution in [1.82, 2.24) is 19.9 Å². The van der Waals surface area contributed by atoms with E-state index in [-0.39, 0.29) is 12.1 Å². The van der Waals surface area contributed by atoms with Crippen molar-refractivity contribution >= 4 is 10.9 Å². The third-order valence-corrected chi connectivity index (χ3v) is 5.44. The van der Waals surface area contributed by atoms with Crippen LogP contribution in [-0.2, 0) is 11.3 Å². The second-order valence-corrected chi connectivity index (χ2v) is 7.35. The molecule has 1 N–H and O–H groups in total. The van der Waals surface area contributed by atoms with Crippen molar-refractivity contribution in [2.45, 2.75) is 45.9 Å². The Morgan fingerprint density at radius 1 is 1.15 bits per heavy atom. The number of imidazole rings is 1. The van der Waals surface area contributed by atoms with Gasteiger partial charge in [0, 0.05) is 37.0 Å². The Balaban J connectivity index is 1.61. The third kappa shape index (κ3) is 3.24. The van der Waals surface area contributed by atoms with Gasteiger partial charge >= 0.3 is 0 Å². The monoisotopic (exact) mass is 350 g/mol. The zero-order chi connectivity index (χ0) is 18.3. The van der Waals surface area contributed by atoms with Crippen molar-refractivity contribution in [3.63, 3.8) is 0 Å². The van der Waals surface area contributed by atoms with Gasteiger partial charge < -0.3 is 9.72 Å². The Labute approximate surface area is 154 Å². The summed E-state index contributed by atoms with van der Waals surface area (Å²) >= 11 is 0. The number of fused-ring (bicyclic) bond motifs is 1. The standard InChI is InChI=1S/C21H26N4O/c1-13-5-7-17-9-16(6-8-19(17)22-13)11-25-12-18(26-4)10-20(25)21-23-14(2)15(3)24-21/h5-9,18,20H,10-12H2,1-4H3,(H,23,24)/t18-,20+/m1/s1. The van der Waals surface area contributed by atoms with E-state index in [9.17, 15) is 0 Å². The number of aryl methyl sites for hydroxylation is 3. The third-order valence-electron chi connectivity index (χ3n) is 5.44. The molecule has 0 spiro atoms. The number of H-pyrrole nitrogens is 1. The minimum Gasteiger partial charge on any atom is -0.380 e. The average Bonchev–Trinajstić information content (AvgIpc) is 3.18. The van der Waals surface area contributed by atoms with Crippen LogP contribution in [0, 0.1) is 20.8 Å². The zero-order valence-corrected chi connectivity index (χ0v) is 15.9. The quantitative estimate of drug-likeness (QED) is 0.777. The highest BCUT2D eigenvalue weighted by Crippen LogP contribution is 2.33. The van der Waals surface area contributed by atoms with Gasteiger partial charge in [-0.25, -0.2) is 4.98 Å². The summed E-state index contributed by atoms with van der Waals surface area (Å²) in [7, 11) is 1.80. The summed E-state index contributed by atoms with van der Waals surface area (Å²) in [6.07, 6.45) is 1.22. The zero-order valence-electron chi connectivity index (χ0n) is 15.9. The lowest BCUT2D eigenvalue weighted by Crippen LogP contribution is -2.25. The van der Waals surface area contributed by atoms with Gasteiger partial charge in [-0.3, -0.25) is 9.88 Å². The van der Waals surface area contributed by atoms with Gasteiger partial charge in [-0.15, -0.1) is 0 Å². The topological polar surface area (TPSA) is 54.0 Å². The molecule has 3 heterocycles. The number of aromatic amines is 1. The van der Waals surface area contributed by atoms with Gasteiger partial charge in [-0.05, 0) is 51.0 Å². The van der Waals surface area contributed by atoms with E-state index in [4.69, 9.17) is 9.72 Å². The number of pyridine rings is 1. The molecular weight excluding hydrogens is 324 g/mol. The van der Waals surface area contributed by atoms with Crippen LogP contribution >= 0.6 is 0 Å². The first-order valence-corrected chi connectivity index (χ1v) is 9.19. The van der Waals surface area contributed by atoms with Crippen molar-refractivity contribution < 1.29 is 4.74 Å². The van der Waals surface area contributed by atoms with Crippen LogP contribution in [0.25, 0.3) is 10.9 Å². The van der Waals surface area contributed by atoms with E-state index < -0.39 is 0 Å². The highest BCUT2D eigenvalue weighted by atomic mass is 16.5. The van der Waals surface area contributed by atoms with Gasteiger partial charge in [-0.2, -0.15) is 0 Å². The van der Waals surface area contributed by atoms with Gasteiger partial charge in [0.05, 0.1) is 23.4 Å². The second-order valence-electron chi connectivity index (χ2n) is 7.35. The molecule has 0 radical (unpaired) electrons. The van der Waals surface area contributed by atoms with E-state index in [0.717, 1.165) is 47.9 Å². The van der Waals surface area contributed by atoms with Crippen molar-refractivity contribution in [2.75, 3.05) is 13.7 Å². The van der Waals surface area contributed by atoms with E-state index in [1.807, 2.05) is 6.92 Å². The molecule has 1 fully saturated rings. The lowest BCUT2D eigenvalue weighted by atomic mass is 10.1. The van der Waals surface area contributed by atoms with Crippen molar-refractivity contribution in [3.8, 4) is 0 Å². The first kappa shape index (κ1) is 17.2. The summed E-state index contributed by atoms with van der Waals surface area (Å²) in [5.41, 5.74) is 5.63. The van der Waals surface area contributed by atoms with Crippen molar-refractivity contribution in [1.29, 1.82) is 0 Å². The fourth-order valence-electron chi connectivity index (χ4n) is 3.83. The number of aromatic nitrogens is 3. The number of likely N-dealkylation sites (tertiary alicyclic amines) is 1. The predicted molar refractivity (Wildman–Crippen MR) is 103 cm³/mol. The van der Waals surface area contributed by atoms with E-state index in [1.165, 1.54) is 10.9 Å². The molecule has 5 heteroatoms. The molecule has 0 bridgehead atoms. The summed E-state index contributed by atoms with van der Waals surface area (Å²) in [4.78, 5) is 15.3. The molecule has 5 nitrogen and oxygen atoms in total. The van der Waals surface area contributed by atoms with Crippen molar-refractivity contribution in [3.05, 3.63) is 58.8 Å². The maximum absolute atomic E-state index is 5.66. The molecule has 1 aromatic carbocycles. The van der Waals surface area contributed by atoms with Crippen LogP contribution in [0.2, 0.25) is 0 Å². The molecule has 4 rings (SSSR count). The first-order valence-electron chi connectivity index (χ1n) is 9.19. The largest absolute Gasteiger partial charge is 0.380 e. The van der Waals surface area contributed by atoms with Crippen LogP contribution in [0.5, 0.6) is 0 Å². The van der Waals surface area contributed by atoms with Gasteiger partial charge in [0.1, 0.15) is 5.82 Å². The number of ether oxygens (including phenoxy) is 1. The van der Waals surface area contributed by atoms with Crippen LogP contribution < -0.4 is 0 Å². The lowest BCUT2D eigenvalue weighted by molar-refractivity contribution is 0.107. The summed E-state index contributed by atoms with van der Waals surface area (Å²) in [5.74, 6) is 1.05. The molecule has 0 unspecified atom stereocenters. The molecule has 0 amide bonds. The van der Waals surface area contributed by atoms with Crippen LogP contribution in [0.15, 0.2) is 30.3 Å². The fraction of sp³-hybridized carbons (Fsp3) is 0.429. The molecule has 2 aromatic heterocycles. The number of rotatable bonds is 4. The second kappa shape index (κ2) is 6.82. The lowest BCUT2D eigenvalue weighted by Gasteiger charge is -2.22. The van der Waals surface area contributed by atoms with Crippen LogP contribution in [0.1, 0.15) is 40.9 Å². The Kier molecular flexibility index (Phi) is 4.51. The maximum Gasteiger partial charge on any atom is 0.124 e. The van der Waals surface area contributed by atoms with E-state index >= 15 is 0 Å². The van der Waals surface area contributed by atoms with Gasteiger partial charge in [0.25, 0.3) is 0 Å². The molecular formula is C21H26N4O. The smallest absolute Gasteiger partial charge is 0.124 e. The van der Waals surface area contributed by atoms with E-state index in [2.05, 4.69) is 59.0 Å². The minimum absolute atomic E-state index is 0.246. The van der Waals surface area contributed by atoms with Crippen molar-refractivity contribution in [2.24, 2.45) is 0 Å². The Hall–Kier alpha value is -2.24. The highest BCUT2D eigenvalue weighted by Gasteiger charge is 2.35. The number of nitrogens with one attached hydrogen (secondary N) is 1. The molecule has 0 saturated carbocycles. The minimum atomic E-state index is 0.246. The number of hydrogen-bond acceptors (Lipinski definition) is 4. The van der Waals surface area contributed by atoms with Gasteiger partial charge in [-0.1, -0.05) is 12.1 Å². The molecule has 2 atom stereocenters. The highest BCUT2D eigenvalue weighted by molar-refractivity contribution is 5.79. The van der Waals surface area contributed by atoms with E-state index in [1.54, 1.807) is 7.11 Å². The Bertz CT molecular complexity index is 913. The molecule has 26 heavy (non-hydrogen) atoms. The maximum atomic E-state index is 5.66. The summed E-state index contributed by atoms with van der Waals surface area (Å²) in [6.45, 7) is 7.97. The number of methoxy groups -OCH3 is 1. The molecule has 1 aliphatic heterocycles. The Morgan fingerprint density at radius 2 is 2.00 bits per heavy atom. The van der Waals surface area contributed by atoms with Crippen LogP contribution in [0.3, 0.4) is 0 Å². The Morgan fingerprint density at radius 3 is 2.73 bits per heavy atom. The molecule has 136 valence electrons. The fourth-order valence-corrected chi connectivity index (χ4v) is 3.83. The molecule has 1 aliphatic rings. The van der Waals surface area contributed by atoms with Crippen LogP contribution in [0.4, 0.5) is 0 Å². The summed E-state index contributed by atoms with van der Waals surface area (Å²) in [6, 6.07) is 11.0.